The minimum absolute atomic E-state index is 0.180. The predicted octanol–water partition coefficient (Wildman–Crippen LogP) is 3.49. The molecule has 0 bridgehead atoms. The number of hydrogen-bond donors (Lipinski definition) is 1. The SMILES string of the molecule is CCC1CCCC(S(=O)c2nc3ccc(N)cc3o2)C1. The lowest BCUT2D eigenvalue weighted by Crippen LogP contribution is -2.24. The van der Waals surface area contributed by atoms with Crippen LogP contribution in [0.25, 0.3) is 11.1 Å². The standard InChI is InChI=1S/C15H20N2O2S/c1-2-10-4-3-5-12(8-10)20(18)15-17-13-7-6-11(16)9-14(13)19-15/h6-7,9-10,12H,2-5,8,16H2,1H3. The molecule has 3 rings (SSSR count). The summed E-state index contributed by atoms with van der Waals surface area (Å²) in [6, 6.07) is 5.33. The van der Waals surface area contributed by atoms with Crippen LogP contribution in [0.3, 0.4) is 0 Å². The molecule has 1 fully saturated rings. The minimum atomic E-state index is -1.15. The number of oxazole rings is 1. The first-order chi connectivity index (χ1) is 9.67. The molecular formula is C15H20N2O2S. The van der Waals surface area contributed by atoms with E-state index < -0.39 is 10.8 Å². The van der Waals surface area contributed by atoms with Gasteiger partial charge in [-0.05, 0) is 30.9 Å². The molecule has 4 nitrogen and oxygen atoms in total. The van der Waals surface area contributed by atoms with Gasteiger partial charge >= 0.3 is 0 Å². The van der Waals surface area contributed by atoms with Gasteiger partial charge in [-0.25, -0.2) is 9.19 Å². The third-order valence-corrected chi connectivity index (χ3v) is 5.73. The number of benzene rings is 1. The number of rotatable bonds is 3. The molecule has 5 heteroatoms. The van der Waals surface area contributed by atoms with Gasteiger partial charge in [-0.3, -0.25) is 0 Å². The molecule has 0 saturated heterocycles. The third-order valence-electron chi connectivity index (χ3n) is 4.18. The van der Waals surface area contributed by atoms with E-state index in [1.807, 2.05) is 6.07 Å². The van der Waals surface area contributed by atoms with E-state index >= 15 is 0 Å². The van der Waals surface area contributed by atoms with Crippen LogP contribution in [0.1, 0.15) is 39.0 Å². The van der Waals surface area contributed by atoms with E-state index in [0.717, 1.165) is 31.2 Å². The summed E-state index contributed by atoms with van der Waals surface area (Å²) in [7, 11) is -1.15. The molecule has 2 aromatic rings. The second kappa shape index (κ2) is 5.56. The van der Waals surface area contributed by atoms with Gasteiger partial charge in [-0.15, -0.1) is 0 Å². The number of aromatic nitrogens is 1. The van der Waals surface area contributed by atoms with Crippen LogP contribution in [0.15, 0.2) is 27.8 Å². The van der Waals surface area contributed by atoms with Crippen molar-refractivity contribution in [2.24, 2.45) is 5.92 Å². The fourth-order valence-corrected chi connectivity index (χ4v) is 4.43. The maximum atomic E-state index is 12.6. The maximum absolute atomic E-state index is 12.6. The van der Waals surface area contributed by atoms with E-state index in [1.54, 1.807) is 12.1 Å². The molecule has 108 valence electrons. The Morgan fingerprint density at radius 3 is 3.10 bits per heavy atom. The van der Waals surface area contributed by atoms with Gasteiger partial charge < -0.3 is 10.2 Å². The van der Waals surface area contributed by atoms with Crippen molar-refractivity contribution in [3.8, 4) is 0 Å². The van der Waals surface area contributed by atoms with E-state index in [0.29, 0.717) is 22.4 Å². The molecule has 1 aromatic heterocycles. The van der Waals surface area contributed by atoms with E-state index in [-0.39, 0.29) is 5.25 Å². The van der Waals surface area contributed by atoms with Crippen molar-refractivity contribution in [1.82, 2.24) is 4.98 Å². The Morgan fingerprint density at radius 2 is 2.30 bits per heavy atom. The van der Waals surface area contributed by atoms with E-state index in [1.165, 1.54) is 6.42 Å². The fourth-order valence-electron chi connectivity index (χ4n) is 2.96. The Bertz CT molecular complexity index is 638. The lowest BCUT2D eigenvalue weighted by Gasteiger charge is -2.26. The maximum Gasteiger partial charge on any atom is 0.288 e. The van der Waals surface area contributed by atoms with Crippen molar-refractivity contribution in [3.63, 3.8) is 0 Å². The van der Waals surface area contributed by atoms with Crippen LogP contribution in [-0.2, 0) is 10.8 Å². The Labute approximate surface area is 121 Å². The molecule has 2 N–H and O–H groups in total. The topological polar surface area (TPSA) is 69.1 Å². The molecule has 1 aliphatic rings. The number of nitrogens with two attached hydrogens (primary N) is 1. The van der Waals surface area contributed by atoms with Crippen molar-refractivity contribution in [1.29, 1.82) is 0 Å². The first-order valence-corrected chi connectivity index (χ1v) is 8.45. The molecular weight excluding hydrogens is 272 g/mol. The van der Waals surface area contributed by atoms with E-state index in [4.69, 9.17) is 10.2 Å². The molecule has 0 amide bonds. The lowest BCUT2D eigenvalue weighted by atomic mass is 9.87. The van der Waals surface area contributed by atoms with Crippen LogP contribution in [0.4, 0.5) is 5.69 Å². The normalized spacial score (nSPS) is 24.9. The van der Waals surface area contributed by atoms with Gasteiger partial charge in [0.05, 0.1) is 0 Å². The predicted molar refractivity (Wildman–Crippen MR) is 80.9 cm³/mol. The molecule has 3 unspecified atom stereocenters. The van der Waals surface area contributed by atoms with E-state index in [2.05, 4.69) is 11.9 Å². The molecule has 20 heavy (non-hydrogen) atoms. The van der Waals surface area contributed by atoms with Crippen molar-refractivity contribution >= 4 is 27.6 Å². The minimum Gasteiger partial charge on any atom is -0.430 e. The highest BCUT2D eigenvalue weighted by Crippen LogP contribution is 2.32. The first-order valence-electron chi connectivity index (χ1n) is 7.24. The van der Waals surface area contributed by atoms with E-state index in [9.17, 15) is 4.21 Å². The van der Waals surface area contributed by atoms with Crippen molar-refractivity contribution in [2.45, 2.75) is 49.5 Å². The van der Waals surface area contributed by atoms with Crippen LogP contribution in [0.2, 0.25) is 0 Å². The van der Waals surface area contributed by atoms with Crippen LogP contribution >= 0.6 is 0 Å². The van der Waals surface area contributed by atoms with Crippen LogP contribution in [-0.4, -0.2) is 14.4 Å². The average molecular weight is 292 g/mol. The second-order valence-electron chi connectivity index (χ2n) is 5.57. The number of anilines is 1. The summed E-state index contributed by atoms with van der Waals surface area (Å²) < 4.78 is 18.3. The number of fused-ring (bicyclic) bond motifs is 1. The van der Waals surface area contributed by atoms with Gasteiger partial charge in [0.1, 0.15) is 16.3 Å². The second-order valence-corrected chi connectivity index (χ2v) is 7.18. The average Bonchev–Trinajstić information content (AvgIpc) is 2.89. The van der Waals surface area contributed by atoms with Gasteiger partial charge in [0.15, 0.2) is 5.58 Å². The summed E-state index contributed by atoms with van der Waals surface area (Å²) >= 11 is 0. The zero-order valence-corrected chi connectivity index (χ0v) is 12.5. The van der Waals surface area contributed by atoms with Gasteiger partial charge in [0.2, 0.25) is 0 Å². The summed E-state index contributed by atoms with van der Waals surface area (Å²) in [5.41, 5.74) is 7.71. The summed E-state index contributed by atoms with van der Waals surface area (Å²) in [6.07, 6.45) is 5.60. The Balaban J connectivity index is 1.84. The highest BCUT2D eigenvalue weighted by Gasteiger charge is 2.28. The number of nitrogen functional groups attached to an aromatic ring is 1. The number of hydrogen-bond acceptors (Lipinski definition) is 4. The van der Waals surface area contributed by atoms with Crippen molar-refractivity contribution < 1.29 is 8.63 Å². The van der Waals surface area contributed by atoms with Gasteiger partial charge in [0, 0.05) is 17.0 Å². The first kappa shape index (κ1) is 13.6. The Hall–Kier alpha value is -1.36. The van der Waals surface area contributed by atoms with Crippen LogP contribution in [0, 0.1) is 5.92 Å². The third kappa shape index (κ3) is 2.59. The van der Waals surface area contributed by atoms with Gasteiger partial charge in [-0.2, -0.15) is 0 Å². The summed E-state index contributed by atoms with van der Waals surface area (Å²) in [5, 5.41) is 0.534. The highest BCUT2D eigenvalue weighted by molar-refractivity contribution is 7.85. The van der Waals surface area contributed by atoms with Crippen molar-refractivity contribution in [2.75, 3.05) is 5.73 Å². The molecule has 0 radical (unpaired) electrons. The fraction of sp³-hybridized carbons (Fsp3) is 0.533. The molecule has 1 heterocycles. The van der Waals surface area contributed by atoms with Crippen LogP contribution in [0.5, 0.6) is 0 Å². The van der Waals surface area contributed by atoms with Gasteiger partial charge in [0.25, 0.3) is 5.22 Å². The summed E-state index contributed by atoms with van der Waals surface area (Å²) in [6.45, 7) is 2.21. The zero-order valence-electron chi connectivity index (χ0n) is 11.7. The summed E-state index contributed by atoms with van der Waals surface area (Å²) in [5.74, 6) is 0.692. The molecule has 0 aliphatic heterocycles. The largest absolute Gasteiger partial charge is 0.430 e. The summed E-state index contributed by atoms with van der Waals surface area (Å²) in [4.78, 5) is 4.36. The molecule has 3 atom stereocenters. The quantitative estimate of drug-likeness (QED) is 0.879. The molecule has 1 aliphatic carbocycles. The monoisotopic (exact) mass is 292 g/mol. The Morgan fingerprint density at radius 1 is 1.45 bits per heavy atom. The van der Waals surface area contributed by atoms with Crippen LogP contribution < -0.4 is 5.73 Å². The molecule has 1 aromatic carbocycles. The highest BCUT2D eigenvalue weighted by atomic mass is 32.2. The van der Waals surface area contributed by atoms with Gasteiger partial charge in [-0.1, -0.05) is 26.2 Å². The smallest absolute Gasteiger partial charge is 0.288 e. The zero-order chi connectivity index (χ0) is 14.1. The number of nitrogens with zero attached hydrogens (tertiary/aromatic N) is 1. The molecule has 0 spiro atoms. The van der Waals surface area contributed by atoms with Crippen molar-refractivity contribution in [3.05, 3.63) is 18.2 Å². The molecule has 1 saturated carbocycles. The lowest BCUT2D eigenvalue weighted by molar-refractivity contribution is 0.350. The Kier molecular flexibility index (Phi) is 3.78.